The van der Waals surface area contributed by atoms with Gasteiger partial charge < -0.3 is 14.8 Å². The molecule has 5 rings (SSSR count). The van der Waals surface area contributed by atoms with E-state index in [0.29, 0.717) is 5.11 Å². The lowest BCUT2D eigenvalue weighted by Crippen LogP contribution is -2.30. The molecule has 3 heterocycles. The molecule has 0 saturated carbocycles. The second kappa shape index (κ2) is 8.52. The zero-order valence-corrected chi connectivity index (χ0v) is 20.3. The quantitative estimate of drug-likeness (QED) is 0.326. The number of rotatable bonds is 4. The predicted octanol–water partition coefficient (Wildman–Crippen LogP) is 6.43. The molecule has 2 atom stereocenters. The highest BCUT2D eigenvalue weighted by atomic mass is 79.9. The molecule has 6 heteroatoms. The fourth-order valence-electron chi connectivity index (χ4n) is 4.50. The first-order chi connectivity index (χ1) is 15.5. The molecule has 4 aromatic rings. The smallest absolute Gasteiger partial charge is 0.174 e. The first-order valence-electron chi connectivity index (χ1n) is 10.5. The third kappa shape index (κ3) is 3.85. The van der Waals surface area contributed by atoms with Crippen LogP contribution in [0.3, 0.4) is 0 Å². The zero-order valence-electron chi connectivity index (χ0n) is 17.9. The van der Waals surface area contributed by atoms with E-state index >= 15 is 0 Å². The van der Waals surface area contributed by atoms with Crippen molar-refractivity contribution in [1.29, 1.82) is 0 Å². The van der Waals surface area contributed by atoms with E-state index in [9.17, 15) is 0 Å². The van der Waals surface area contributed by atoms with Crippen molar-refractivity contribution in [1.82, 2.24) is 14.9 Å². The van der Waals surface area contributed by atoms with Gasteiger partial charge in [-0.15, -0.1) is 0 Å². The lowest BCUT2D eigenvalue weighted by atomic mass is 10.00. The molecule has 1 aliphatic rings. The summed E-state index contributed by atoms with van der Waals surface area (Å²) in [6.07, 6.45) is 3.94. The van der Waals surface area contributed by atoms with Crippen LogP contribution in [0.5, 0.6) is 0 Å². The summed E-state index contributed by atoms with van der Waals surface area (Å²) in [5, 5.41) is 4.27. The minimum absolute atomic E-state index is 0.0581. The molecule has 160 valence electrons. The number of aryl methyl sites for hydroxylation is 2. The number of hydrogen-bond acceptors (Lipinski definition) is 2. The van der Waals surface area contributed by atoms with Crippen molar-refractivity contribution in [2.75, 3.05) is 4.90 Å². The summed E-state index contributed by atoms with van der Waals surface area (Å²) >= 11 is 9.43. The van der Waals surface area contributed by atoms with Gasteiger partial charge >= 0.3 is 0 Å². The molecule has 0 unspecified atom stereocenters. The van der Waals surface area contributed by atoms with E-state index in [4.69, 9.17) is 12.2 Å². The van der Waals surface area contributed by atoms with Crippen molar-refractivity contribution in [3.05, 3.63) is 112 Å². The van der Waals surface area contributed by atoms with E-state index in [-0.39, 0.29) is 12.1 Å². The Kier molecular flexibility index (Phi) is 5.57. The van der Waals surface area contributed by atoms with Crippen molar-refractivity contribution < 1.29 is 0 Å². The summed E-state index contributed by atoms with van der Waals surface area (Å²) in [4.78, 5) is 6.90. The van der Waals surface area contributed by atoms with Crippen LogP contribution in [-0.4, -0.2) is 14.7 Å². The Morgan fingerprint density at radius 2 is 1.66 bits per heavy atom. The second-order valence-corrected chi connectivity index (χ2v) is 9.42. The predicted molar refractivity (Wildman–Crippen MR) is 137 cm³/mol. The monoisotopic (exact) mass is 502 g/mol. The van der Waals surface area contributed by atoms with Crippen molar-refractivity contribution >= 4 is 38.9 Å². The topological polar surface area (TPSA) is 33.1 Å². The zero-order chi connectivity index (χ0) is 22.2. The molecule has 4 nitrogen and oxygen atoms in total. The SMILES string of the molecule is Cc1cc(C)cc(N2C(=S)N[C@@H](c3ccccn3)[C@@H]2c2cccn2-c2ccc(Br)cc2)c1. The molecule has 0 bridgehead atoms. The number of thiocarbonyl (C=S) groups is 1. The fourth-order valence-corrected chi connectivity index (χ4v) is 5.11. The third-order valence-corrected chi connectivity index (χ3v) is 6.61. The molecule has 1 N–H and O–H groups in total. The normalized spacial score (nSPS) is 18.1. The van der Waals surface area contributed by atoms with Crippen LogP contribution in [0.15, 0.2) is 89.7 Å². The Morgan fingerprint density at radius 1 is 0.906 bits per heavy atom. The van der Waals surface area contributed by atoms with Crippen LogP contribution in [0.4, 0.5) is 5.69 Å². The second-order valence-electron chi connectivity index (χ2n) is 8.12. The summed E-state index contributed by atoms with van der Waals surface area (Å²) in [6.45, 7) is 4.25. The molecule has 0 radical (unpaired) electrons. The Morgan fingerprint density at radius 3 is 2.34 bits per heavy atom. The van der Waals surface area contributed by atoms with Gasteiger partial charge in [0.15, 0.2) is 5.11 Å². The van der Waals surface area contributed by atoms with Crippen molar-refractivity contribution in [2.24, 2.45) is 0 Å². The molecule has 0 aliphatic carbocycles. The van der Waals surface area contributed by atoms with Crippen LogP contribution in [0.2, 0.25) is 0 Å². The summed E-state index contributed by atoms with van der Waals surface area (Å²) in [6, 6.07) is 25.1. The highest BCUT2D eigenvalue weighted by molar-refractivity contribution is 9.10. The number of nitrogens with zero attached hydrogens (tertiary/aromatic N) is 3. The van der Waals surface area contributed by atoms with Crippen LogP contribution in [0.25, 0.3) is 5.69 Å². The van der Waals surface area contributed by atoms with Crippen LogP contribution >= 0.6 is 28.1 Å². The maximum Gasteiger partial charge on any atom is 0.174 e. The largest absolute Gasteiger partial charge is 0.351 e. The van der Waals surface area contributed by atoms with Gasteiger partial charge in [-0.25, -0.2) is 0 Å². The summed E-state index contributed by atoms with van der Waals surface area (Å²) < 4.78 is 3.29. The average molecular weight is 503 g/mol. The highest BCUT2D eigenvalue weighted by Gasteiger charge is 2.42. The minimum Gasteiger partial charge on any atom is -0.351 e. The van der Waals surface area contributed by atoms with Gasteiger partial charge in [0.2, 0.25) is 0 Å². The van der Waals surface area contributed by atoms with Gasteiger partial charge in [-0.3, -0.25) is 4.98 Å². The van der Waals surface area contributed by atoms with Gasteiger partial charge in [-0.1, -0.05) is 28.1 Å². The standard InChI is InChI=1S/C26H23BrN4S/c1-17-14-18(2)16-21(15-17)31-25(24(29-26(31)32)22-6-3-4-12-28-22)23-7-5-13-30(23)20-10-8-19(27)9-11-20/h3-16,24-25H,1-2H3,(H,29,32)/t24-,25-/m0/s1. The maximum absolute atomic E-state index is 5.89. The molecule has 0 amide bonds. The van der Waals surface area contributed by atoms with Gasteiger partial charge in [-0.05, 0) is 97.9 Å². The van der Waals surface area contributed by atoms with Crippen molar-refractivity contribution in [3.8, 4) is 5.69 Å². The number of halogens is 1. The van der Waals surface area contributed by atoms with Crippen LogP contribution in [0.1, 0.15) is 34.6 Å². The van der Waals surface area contributed by atoms with E-state index in [2.05, 4.69) is 116 Å². The lowest BCUT2D eigenvalue weighted by Gasteiger charge is -2.29. The molecule has 32 heavy (non-hydrogen) atoms. The van der Waals surface area contributed by atoms with Gasteiger partial charge in [0, 0.05) is 33.9 Å². The van der Waals surface area contributed by atoms with Gasteiger partial charge in [-0.2, -0.15) is 0 Å². The number of pyridine rings is 1. The third-order valence-electron chi connectivity index (χ3n) is 5.77. The molecule has 1 aliphatic heterocycles. The molecular weight excluding hydrogens is 480 g/mol. The Bertz CT molecular complexity index is 1250. The van der Waals surface area contributed by atoms with E-state index in [1.54, 1.807) is 0 Å². The maximum atomic E-state index is 5.89. The molecule has 0 spiro atoms. The Balaban J connectivity index is 1.68. The van der Waals surface area contributed by atoms with Crippen LogP contribution < -0.4 is 10.2 Å². The number of anilines is 1. The van der Waals surface area contributed by atoms with Gasteiger partial charge in [0.25, 0.3) is 0 Å². The van der Waals surface area contributed by atoms with Gasteiger partial charge in [0.1, 0.15) is 6.04 Å². The minimum atomic E-state index is -0.0754. The van der Waals surface area contributed by atoms with Crippen molar-refractivity contribution in [2.45, 2.75) is 25.9 Å². The van der Waals surface area contributed by atoms with E-state index < -0.39 is 0 Å². The molecule has 1 saturated heterocycles. The average Bonchev–Trinajstić information content (AvgIpc) is 3.38. The summed E-state index contributed by atoms with van der Waals surface area (Å²) in [5.74, 6) is 0. The van der Waals surface area contributed by atoms with Gasteiger partial charge in [0.05, 0.1) is 11.7 Å². The Labute approximate surface area is 202 Å². The van der Waals surface area contributed by atoms with E-state index in [1.807, 2.05) is 18.3 Å². The lowest BCUT2D eigenvalue weighted by molar-refractivity contribution is 0.549. The molecule has 1 fully saturated rings. The number of nitrogens with one attached hydrogen (secondary N) is 1. The highest BCUT2D eigenvalue weighted by Crippen LogP contribution is 2.42. The van der Waals surface area contributed by atoms with Crippen LogP contribution in [0, 0.1) is 13.8 Å². The van der Waals surface area contributed by atoms with E-state index in [1.165, 1.54) is 11.1 Å². The summed E-state index contributed by atoms with van der Waals surface area (Å²) in [5.41, 5.74) is 6.74. The molecular formula is C26H23BrN4S. The fraction of sp³-hybridized carbons (Fsp3) is 0.154. The van der Waals surface area contributed by atoms with Crippen LogP contribution in [-0.2, 0) is 0 Å². The first-order valence-corrected chi connectivity index (χ1v) is 11.7. The number of benzene rings is 2. The van der Waals surface area contributed by atoms with E-state index in [0.717, 1.165) is 27.2 Å². The summed E-state index contributed by atoms with van der Waals surface area (Å²) in [7, 11) is 0. The number of aromatic nitrogens is 2. The van der Waals surface area contributed by atoms with Crippen molar-refractivity contribution in [3.63, 3.8) is 0 Å². The molecule has 2 aromatic heterocycles. The number of hydrogen-bond donors (Lipinski definition) is 1. The Hall–Kier alpha value is -2.96. The molecule has 2 aromatic carbocycles. The first kappa shape index (κ1) is 20.9.